The summed E-state index contributed by atoms with van der Waals surface area (Å²) in [5.74, 6) is -0.0151. The lowest BCUT2D eigenvalue weighted by molar-refractivity contribution is -0.0436. The smallest absolute Gasteiger partial charge is 0.304 e. The summed E-state index contributed by atoms with van der Waals surface area (Å²) in [5, 5.41) is -0.297. The molecule has 8 heteroatoms. The molecule has 1 heterocycles. The molecule has 1 fully saturated rings. The van der Waals surface area contributed by atoms with E-state index < -0.39 is 20.2 Å². The Morgan fingerprint density at radius 1 is 1.27 bits per heavy atom. The van der Waals surface area contributed by atoms with Crippen LogP contribution in [-0.2, 0) is 9.84 Å². The second kappa shape index (κ2) is 6.37. The minimum absolute atomic E-state index is 0.0151. The summed E-state index contributed by atoms with van der Waals surface area (Å²) < 4.78 is 61.3. The van der Waals surface area contributed by atoms with E-state index >= 15 is 0 Å². The second-order valence-corrected chi connectivity index (χ2v) is 7.60. The fraction of sp³-hybridized carbons (Fsp3) is 0.571. The van der Waals surface area contributed by atoms with E-state index in [0.29, 0.717) is 5.56 Å². The Kier molecular flexibility index (Phi) is 5.09. The van der Waals surface area contributed by atoms with Gasteiger partial charge in [0.05, 0.1) is 9.92 Å². The highest BCUT2D eigenvalue weighted by molar-refractivity contribution is 7.92. The molecule has 0 aromatic heterocycles. The Labute approximate surface area is 133 Å². The van der Waals surface area contributed by atoms with Crippen molar-refractivity contribution in [2.45, 2.75) is 36.1 Å². The average Bonchev–Trinajstić information content (AvgIpc) is 2.46. The van der Waals surface area contributed by atoms with Crippen LogP contribution in [0, 0.1) is 0 Å². The number of halogens is 4. The van der Waals surface area contributed by atoms with Gasteiger partial charge in [-0.15, -0.1) is 0 Å². The van der Waals surface area contributed by atoms with Crippen molar-refractivity contribution in [3.8, 4) is 0 Å². The lowest BCUT2D eigenvalue weighted by Gasteiger charge is -2.31. The molecule has 0 radical (unpaired) electrons. The first-order chi connectivity index (χ1) is 10.2. The van der Waals surface area contributed by atoms with E-state index in [4.69, 9.17) is 11.6 Å². The lowest BCUT2D eigenvalue weighted by Crippen LogP contribution is -2.32. The van der Waals surface area contributed by atoms with E-state index in [0.717, 1.165) is 38.5 Å². The Hall–Kier alpha value is -0.790. The Morgan fingerprint density at radius 3 is 2.36 bits per heavy atom. The van der Waals surface area contributed by atoms with Crippen LogP contribution < -0.4 is 0 Å². The maximum absolute atomic E-state index is 12.7. The molecule has 0 aliphatic carbocycles. The van der Waals surface area contributed by atoms with Gasteiger partial charge in [-0.25, -0.2) is 8.42 Å². The largest absolute Gasteiger partial charge is 0.501 e. The zero-order valence-electron chi connectivity index (χ0n) is 12.0. The number of hydrogen-bond acceptors (Lipinski definition) is 3. The van der Waals surface area contributed by atoms with Gasteiger partial charge in [0, 0.05) is 0 Å². The highest BCUT2D eigenvalue weighted by Gasteiger charge is 2.48. The number of benzene rings is 1. The maximum Gasteiger partial charge on any atom is 0.501 e. The van der Waals surface area contributed by atoms with E-state index in [9.17, 15) is 21.6 Å². The highest BCUT2D eigenvalue weighted by atomic mass is 35.5. The standard InChI is InChI=1S/C14H17ClF3NO2S/c1-2-19-8-6-10(7-9-19)11-4-3-5-12(13(11)15)22(20,21)14(16,17)18/h3-5,10H,2,6-9H2,1H3. The molecule has 1 saturated heterocycles. The second-order valence-electron chi connectivity index (χ2n) is 5.32. The number of piperidine rings is 1. The van der Waals surface area contributed by atoms with Crippen LogP contribution in [0.25, 0.3) is 0 Å². The molecule has 2 rings (SSSR count). The van der Waals surface area contributed by atoms with Gasteiger partial charge in [-0.1, -0.05) is 30.7 Å². The lowest BCUT2D eigenvalue weighted by atomic mass is 9.89. The Bertz CT molecular complexity index is 638. The molecule has 0 amide bonds. The van der Waals surface area contributed by atoms with Gasteiger partial charge in [0.25, 0.3) is 9.84 Å². The minimum atomic E-state index is -5.43. The van der Waals surface area contributed by atoms with Crippen LogP contribution in [0.5, 0.6) is 0 Å². The van der Waals surface area contributed by atoms with Gasteiger partial charge in [-0.05, 0) is 50.0 Å². The van der Waals surface area contributed by atoms with Gasteiger partial charge >= 0.3 is 5.51 Å². The molecule has 22 heavy (non-hydrogen) atoms. The van der Waals surface area contributed by atoms with Crippen molar-refractivity contribution >= 4 is 21.4 Å². The molecule has 0 spiro atoms. The summed E-state index contributed by atoms with van der Waals surface area (Å²) in [6, 6.07) is 3.85. The number of likely N-dealkylation sites (tertiary alicyclic amines) is 1. The van der Waals surface area contributed by atoms with E-state index in [1.54, 1.807) is 6.07 Å². The quantitative estimate of drug-likeness (QED) is 0.827. The number of nitrogens with zero attached hydrogens (tertiary/aromatic N) is 1. The molecule has 124 valence electrons. The zero-order valence-corrected chi connectivity index (χ0v) is 13.6. The number of sulfone groups is 1. The summed E-state index contributed by atoms with van der Waals surface area (Å²) in [6.07, 6.45) is 1.51. The molecule has 0 bridgehead atoms. The van der Waals surface area contributed by atoms with Crippen molar-refractivity contribution in [2.24, 2.45) is 0 Å². The van der Waals surface area contributed by atoms with Gasteiger partial charge in [0.1, 0.15) is 0 Å². The van der Waals surface area contributed by atoms with Gasteiger partial charge in [0.15, 0.2) is 0 Å². The van der Waals surface area contributed by atoms with Crippen molar-refractivity contribution in [3.63, 3.8) is 0 Å². The predicted molar refractivity (Wildman–Crippen MR) is 78.8 cm³/mol. The summed E-state index contributed by atoms with van der Waals surface area (Å²) in [5.41, 5.74) is -4.86. The molecule has 0 saturated carbocycles. The molecular formula is C14H17ClF3NO2S. The van der Waals surface area contributed by atoms with Gasteiger partial charge in [-0.2, -0.15) is 13.2 Å². The van der Waals surface area contributed by atoms with Crippen LogP contribution in [-0.4, -0.2) is 38.5 Å². The minimum Gasteiger partial charge on any atom is -0.304 e. The van der Waals surface area contributed by atoms with Crippen LogP contribution in [0.3, 0.4) is 0 Å². The first-order valence-electron chi connectivity index (χ1n) is 7.00. The normalized spacial score (nSPS) is 18.6. The van der Waals surface area contributed by atoms with Crippen molar-refractivity contribution < 1.29 is 21.6 Å². The molecule has 0 unspecified atom stereocenters. The first kappa shape index (κ1) is 17.6. The third kappa shape index (κ3) is 3.26. The fourth-order valence-electron chi connectivity index (χ4n) is 2.74. The SMILES string of the molecule is CCN1CCC(c2cccc(S(=O)(=O)C(F)(F)F)c2Cl)CC1. The van der Waals surface area contributed by atoms with Gasteiger partial charge < -0.3 is 4.90 Å². The molecule has 0 atom stereocenters. The maximum atomic E-state index is 12.7. The fourth-order valence-corrected chi connectivity index (χ4v) is 4.18. The number of alkyl halides is 3. The van der Waals surface area contributed by atoms with Gasteiger partial charge in [0.2, 0.25) is 0 Å². The molecule has 1 aromatic carbocycles. The van der Waals surface area contributed by atoms with Crippen LogP contribution in [0.4, 0.5) is 13.2 Å². The summed E-state index contributed by atoms with van der Waals surface area (Å²) in [6.45, 7) is 4.62. The molecule has 1 aliphatic heterocycles. The number of hydrogen-bond donors (Lipinski definition) is 0. The zero-order chi connectivity index (χ0) is 16.5. The molecule has 1 aromatic rings. The molecular weight excluding hydrogens is 339 g/mol. The van der Waals surface area contributed by atoms with Crippen LogP contribution in [0.1, 0.15) is 31.2 Å². The average molecular weight is 356 g/mol. The molecule has 3 nitrogen and oxygen atoms in total. The summed E-state index contributed by atoms with van der Waals surface area (Å²) in [7, 11) is -5.43. The van der Waals surface area contributed by atoms with E-state index in [-0.39, 0.29) is 10.9 Å². The predicted octanol–water partition coefficient (Wildman–Crippen LogP) is 3.83. The monoisotopic (exact) mass is 355 g/mol. The van der Waals surface area contributed by atoms with Crippen LogP contribution in [0.2, 0.25) is 5.02 Å². The number of rotatable bonds is 3. The van der Waals surface area contributed by atoms with Gasteiger partial charge in [-0.3, -0.25) is 0 Å². The Balaban J connectivity index is 2.36. The highest BCUT2D eigenvalue weighted by Crippen LogP contribution is 2.40. The van der Waals surface area contributed by atoms with Crippen molar-refractivity contribution in [3.05, 3.63) is 28.8 Å². The summed E-state index contributed by atoms with van der Waals surface area (Å²) in [4.78, 5) is 1.39. The third-order valence-electron chi connectivity index (χ3n) is 4.06. The first-order valence-corrected chi connectivity index (χ1v) is 8.86. The Morgan fingerprint density at radius 2 is 1.86 bits per heavy atom. The topological polar surface area (TPSA) is 37.4 Å². The van der Waals surface area contributed by atoms with E-state index in [1.807, 2.05) is 6.92 Å². The van der Waals surface area contributed by atoms with Crippen LogP contribution >= 0.6 is 11.6 Å². The van der Waals surface area contributed by atoms with Crippen molar-refractivity contribution in [1.82, 2.24) is 4.90 Å². The molecule has 1 aliphatic rings. The van der Waals surface area contributed by atoms with E-state index in [2.05, 4.69) is 4.90 Å². The van der Waals surface area contributed by atoms with Crippen molar-refractivity contribution in [1.29, 1.82) is 0 Å². The molecule has 0 N–H and O–H groups in total. The van der Waals surface area contributed by atoms with Crippen molar-refractivity contribution in [2.75, 3.05) is 19.6 Å². The third-order valence-corrected chi connectivity index (χ3v) is 6.12. The summed E-state index contributed by atoms with van der Waals surface area (Å²) >= 11 is 6.01. The van der Waals surface area contributed by atoms with Crippen LogP contribution in [0.15, 0.2) is 23.1 Å². The van der Waals surface area contributed by atoms with E-state index in [1.165, 1.54) is 6.07 Å².